The van der Waals surface area contributed by atoms with Crippen molar-refractivity contribution in [3.05, 3.63) is 70.8 Å². The van der Waals surface area contributed by atoms with Crippen LogP contribution in [0, 0.1) is 11.6 Å². The lowest BCUT2D eigenvalue weighted by molar-refractivity contribution is -0.137. The Kier molecular flexibility index (Phi) is 4.06. The summed E-state index contributed by atoms with van der Waals surface area (Å²) in [5.74, 6) is -2.86. The minimum Gasteiger partial charge on any atom is -0.294 e. The van der Waals surface area contributed by atoms with Crippen molar-refractivity contribution < 1.29 is 26.7 Å². The molecule has 1 nitrogen and oxygen atoms in total. The highest BCUT2D eigenvalue weighted by Gasteiger charge is 2.30. The fourth-order valence-electron chi connectivity index (χ4n) is 1.81. The van der Waals surface area contributed by atoms with Crippen LogP contribution in [0.2, 0.25) is 0 Å². The van der Waals surface area contributed by atoms with Gasteiger partial charge < -0.3 is 0 Å². The second-order valence-corrected chi connectivity index (χ2v) is 4.43. The average molecular weight is 300 g/mol. The lowest BCUT2D eigenvalue weighted by Crippen LogP contribution is -2.08. The molecule has 6 heteroatoms. The number of alkyl halides is 3. The quantitative estimate of drug-likeness (QED) is 0.606. The number of hydrogen-bond acceptors (Lipinski definition) is 1. The predicted octanol–water partition coefficient (Wildman–Crippen LogP) is 4.41. The highest BCUT2D eigenvalue weighted by Crippen LogP contribution is 2.29. The molecule has 0 aliphatic heterocycles. The Hall–Kier alpha value is -2.24. The van der Waals surface area contributed by atoms with E-state index in [0.717, 1.165) is 30.3 Å². The zero-order valence-corrected chi connectivity index (χ0v) is 10.5. The van der Waals surface area contributed by atoms with Crippen molar-refractivity contribution in [2.45, 2.75) is 12.6 Å². The van der Waals surface area contributed by atoms with Gasteiger partial charge >= 0.3 is 6.18 Å². The predicted molar refractivity (Wildman–Crippen MR) is 65.8 cm³/mol. The minimum atomic E-state index is -4.50. The summed E-state index contributed by atoms with van der Waals surface area (Å²) in [6.45, 7) is 0. The van der Waals surface area contributed by atoms with Crippen molar-refractivity contribution in [3.8, 4) is 0 Å². The first-order valence-corrected chi connectivity index (χ1v) is 5.92. The molecule has 0 radical (unpaired) electrons. The number of benzene rings is 2. The van der Waals surface area contributed by atoms with E-state index in [9.17, 15) is 26.7 Å². The molecule has 0 aliphatic carbocycles. The second-order valence-electron chi connectivity index (χ2n) is 4.43. The van der Waals surface area contributed by atoms with Gasteiger partial charge in [0.15, 0.2) is 17.4 Å². The van der Waals surface area contributed by atoms with Crippen molar-refractivity contribution in [1.82, 2.24) is 0 Å². The van der Waals surface area contributed by atoms with E-state index >= 15 is 0 Å². The second kappa shape index (κ2) is 5.63. The van der Waals surface area contributed by atoms with Crippen molar-refractivity contribution in [2.24, 2.45) is 0 Å². The van der Waals surface area contributed by atoms with Crippen LogP contribution < -0.4 is 0 Å². The van der Waals surface area contributed by atoms with Gasteiger partial charge in [-0.25, -0.2) is 8.78 Å². The molecule has 0 saturated carbocycles. The van der Waals surface area contributed by atoms with Gasteiger partial charge in [0.2, 0.25) is 0 Å². The average Bonchev–Trinajstić information content (AvgIpc) is 2.41. The number of carbonyl (C=O) groups excluding carboxylic acids is 1. The fraction of sp³-hybridized carbons (Fsp3) is 0.133. The van der Waals surface area contributed by atoms with Gasteiger partial charge in [0.05, 0.1) is 5.56 Å². The first-order chi connectivity index (χ1) is 9.77. The highest BCUT2D eigenvalue weighted by molar-refractivity contribution is 5.97. The number of halogens is 5. The van der Waals surface area contributed by atoms with Crippen molar-refractivity contribution in [1.29, 1.82) is 0 Å². The molecule has 2 aromatic rings. The third-order valence-electron chi connectivity index (χ3n) is 2.86. The van der Waals surface area contributed by atoms with Crippen LogP contribution in [0.1, 0.15) is 21.5 Å². The molecule has 110 valence electrons. The summed E-state index contributed by atoms with van der Waals surface area (Å²) >= 11 is 0. The van der Waals surface area contributed by atoms with E-state index in [0.29, 0.717) is 0 Å². The monoisotopic (exact) mass is 300 g/mol. The van der Waals surface area contributed by atoms with Gasteiger partial charge in [-0.05, 0) is 29.8 Å². The Morgan fingerprint density at radius 3 is 2.29 bits per heavy atom. The molecule has 0 aromatic heterocycles. The van der Waals surface area contributed by atoms with Crippen LogP contribution in [0.3, 0.4) is 0 Å². The fourth-order valence-corrected chi connectivity index (χ4v) is 1.81. The summed E-state index contributed by atoms with van der Waals surface area (Å²) < 4.78 is 63.4. The lowest BCUT2D eigenvalue weighted by atomic mass is 10.0. The zero-order valence-electron chi connectivity index (χ0n) is 10.5. The van der Waals surface area contributed by atoms with Crippen molar-refractivity contribution >= 4 is 5.78 Å². The number of hydrogen-bond donors (Lipinski definition) is 0. The van der Waals surface area contributed by atoms with E-state index in [2.05, 4.69) is 0 Å². The number of ketones is 1. The molecule has 0 saturated heterocycles. The Morgan fingerprint density at radius 1 is 0.952 bits per heavy atom. The molecule has 0 fully saturated rings. The minimum absolute atomic E-state index is 0.0914. The van der Waals surface area contributed by atoms with Gasteiger partial charge in [-0.15, -0.1) is 0 Å². The van der Waals surface area contributed by atoms with E-state index in [1.807, 2.05) is 0 Å². The number of rotatable bonds is 3. The Balaban J connectivity index is 2.21. The summed E-state index contributed by atoms with van der Waals surface area (Å²) in [6.07, 6.45) is -4.82. The van der Waals surface area contributed by atoms with Gasteiger partial charge in [0.25, 0.3) is 0 Å². The third-order valence-corrected chi connectivity index (χ3v) is 2.86. The summed E-state index contributed by atoms with van der Waals surface area (Å²) in [4.78, 5) is 11.9. The molecular weight excluding hydrogens is 291 g/mol. The maximum Gasteiger partial charge on any atom is 0.416 e. The Labute approximate surface area is 117 Å². The van der Waals surface area contributed by atoms with Crippen molar-refractivity contribution in [3.63, 3.8) is 0 Å². The van der Waals surface area contributed by atoms with Crippen LogP contribution in [0.4, 0.5) is 22.0 Å². The Bertz CT molecular complexity index is 676. The molecule has 0 amide bonds. The molecule has 2 rings (SSSR count). The highest BCUT2D eigenvalue weighted by atomic mass is 19.4. The van der Waals surface area contributed by atoms with Gasteiger partial charge in [-0.2, -0.15) is 13.2 Å². The molecular formula is C15H9F5O. The van der Waals surface area contributed by atoms with Gasteiger partial charge in [-0.1, -0.05) is 18.2 Å². The van der Waals surface area contributed by atoms with Gasteiger partial charge in [0.1, 0.15) is 0 Å². The molecule has 0 atom stereocenters. The van der Waals surface area contributed by atoms with Crippen LogP contribution in [0.5, 0.6) is 0 Å². The molecule has 0 heterocycles. The summed E-state index contributed by atoms with van der Waals surface area (Å²) in [5, 5.41) is 0. The molecule has 0 bridgehead atoms. The number of carbonyl (C=O) groups is 1. The van der Waals surface area contributed by atoms with Crippen LogP contribution in [-0.2, 0) is 12.6 Å². The van der Waals surface area contributed by atoms with E-state index in [4.69, 9.17) is 0 Å². The van der Waals surface area contributed by atoms with E-state index in [-0.39, 0.29) is 17.5 Å². The first-order valence-electron chi connectivity index (χ1n) is 5.92. The first kappa shape index (κ1) is 15.2. The van der Waals surface area contributed by atoms with E-state index in [1.54, 1.807) is 0 Å². The maximum absolute atomic E-state index is 13.0. The molecule has 0 spiro atoms. The topological polar surface area (TPSA) is 17.1 Å². The maximum atomic E-state index is 13.0. The number of Topliss-reactive ketones (excluding diaryl/α,β-unsaturated/α-hetero) is 1. The summed E-state index contributed by atoms with van der Waals surface area (Å²) in [7, 11) is 0. The third kappa shape index (κ3) is 3.65. The van der Waals surface area contributed by atoms with Crippen LogP contribution in [0.15, 0.2) is 42.5 Å². The standard InChI is InChI=1S/C15H9F5O/c16-12-5-4-10(8-13(12)17)14(21)7-9-2-1-3-11(6-9)15(18,19)20/h1-6,8H,7H2. The van der Waals surface area contributed by atoms with Crippen LogP contribution in [0.25, 0.3) is 0 Å². The lowest BCUT2D eigenvalue weighted by Gasteiger charge is -2.08. The molecule has 2 aromatic carbocycles. The van der Waals surface area contributed by atoms with Crippen LogP contribution in [-0.4, -0.2) is 5.78 Å². The SMILES string of the molecule is O=C(Cc1cccc(C(F)(F)F)c1)c1ccc(F)c(F)c1. The zero-order chi connectivity index (χ0) is 15.6. The van der Waals surface area contributed by atoms with Gasteiger partial charge in [-0.3, -0.25) is 4.79 Å². The molecule has 0 unspecified atom stereocenters. The largest absolute Gasteiger partial charge is 0.416 e. The molecule has 0 aliphatic rings. The Morgan fingerprint density at radius 2 is 1.67 bits per heavy atom. The smallest absolute Gasteiger partial charge is 0.294 e. The van der Waals surface area contributed by atoms with E-state index < -0.39 is 29.2 Å². The summed E-state index contributed by atoms with van der Waals surface area (Å²) in [5.41, 5.74) is -0.802. The molecule has 0 N–H and O–H groups in total. The normalized spacial score (nSPS) is 11.5. The molecule has 21 heavy (non-hydrogen) atoms. The van der Waals surface area contributed by atoms with Crippen LogP contribution >= 0.6 is 0 Å². The van der Waals surface area contributed by atoms with E-state index in [1.165, 1.54) is 12.1 Å². The van der Waals surface area contributed by atoms with Gasteiger partial charge in [0, 0.05) is 12.0 Å². The van der Waals surface area contributed by atoms with Crippen molar-refractivity contribution in [2.75, 3.05) is 0 Å². The summed E-state index contributed by atoms with van der Waals surface area (Å²) in [6, 6.07) is 6.93.